The second-order valence-corrected chi connectivity index (χ2v) is 9.60. The Bertz CT molecular complexity index is 1010. The molecule has 0 saturated carbocycles. The van der Waals surface area contributed by atoms with Crippen molar-refractivity contribution in [3.63, 3.8) is 0 Å². The summed E-state index contributed by atoms with van der Waals surface area (Å²) in [6, 6.07) is 9.11. The smallest absolute Gasteiger partial charge is 0.106 e. The fourth-order valence-corrected chi connectivity index (χ4v) is 4.01. The van der Waals surface area contributed by atoms with Gasteiger partial charge in [-0.2, -0.15) is 0 Å². The Morgan fingerprint density at radius 3 is 1.27 bits per heavy atom. The Morgan fingerprint density at radius 2 is 0.923 bits per heavy atom. The minimum Gasteiger partial charge on any atom is -0.360 e. The van der Waals surface area contributed by atoms with Crippen LogP contribution in [0, 0.1) is 0 Å². The number of nitrogens with zero attached hydrogens (tertiary/aromatic N) is 2. The fraction of sp³-hybridized carbons (Fsp3) is 0.364. The lowest BCUT2D eigenvalue weighted by molar-refractivity contribution is -0.883. The maximum atomic E-state index is 3.54. The molecule has 2 aromatic carbocycles. The lowest BCUT2D eigenvalue weighted by atomic mass is 10.0. The molecule has 2 aromatic heterocycles. The number of quaternary nitrogens is 2. The summed E-state index contributed by atoms with van der Waals surface area (Å²) in [5.41, 5.74) is 5.25. The number of aromatic amines is 2. The lowest BCUT2D eigenvalue weighted by Gasteiger charge is -2.23. The van der Waals surface area contributed by atoms with Crippen molar-refractivity contribution in [3.05, 3.63) is 47.8 Å². The van der Waals surface area contributed by atoms with Gasteiger partial charge in [0.2, 0.25) is 0 Å². The molecule has 4 heteroatoms. The minimum atomic E-state index is 0.926. The van der Waals surface area contributed by atoms with Crippen molar-refractivity contribution in [2.75, 3.05) is 42.3 Å². The van der Waals surface area contributed by atoms with Crippen molar-refractivity contribution in [2.24, 2.45) is 0 Å². The number of fused-ring (bicyclic) bond motifs is 5. The molecule has 0 aliphatic heterocycles. The van der Waals surface area contributed by atoms with Crippen LogP contribution in [0.5, 0.6) is 0 Å². The largest absolute Gasteiger partial charge is 0.360 e. The molecule has 2 heterocycles. The number of benzene rings is 2. The molecule has 0 atom stereocenters. The van der Waals surface area contributed by atoms with Crippen LogP contribution in [0.25, 0.3) is 32.6 Å². The summed E-state index contributed by atoms with van der Waals surface area (Å²) in [6.45, 7) is 2.04. The van der Waals surface area contributed by atoms with Gasteiger partial charge in [-0.3, -0.25) is 0 Å². The van der Waals surface area contributed by atoms with Crippen molar-refractivity contribution in [1.29, 1.82) is 0 Å². The number of hydrogen-bond donors (Lipinski definition) is 2. The number of H-pyrrole nitrogens is 2. The van der Waals surface area contributed by atoms with Crippen LogP contribution in [-0.2, 0) is 13.1 Å². The highest BCUT2D eigenvalue weighted by Gasteiger charge is 2.17. The molecular weight excluding hydrogens is 320 g/mol. The molecule has 26 heavy (non-hydrogen) atoms. The first-order valence-electron chi connectivity index (χ1n) is 9.25. The molecule has 0 saturated heterocycles. The van der Waals surface area contributed by atoms with E-state index in [1.807, 2.05) is 0 Å². The van der Waals surface area contributed by atoms with Gasteiger partial charge in [0.1, 0.15) is 13.1 Å². The van der Waals surface area contributed by atoms with Crippen LogP contribution in [0.3, 0.4) is 0 Å². The quantitative estimate of drug-likeness (QED) is 0.517. The fourth-order valence-electron chi connectivity index (χ4n) is 4.01. The molecule has 4 nitrogen and oxygen atoms in total. The van der Waals surface area contributed by atoms with Crippen LogP contribution in [-0.4, -0.2) is 61.2 Å². The molecule has 0 amide bonds. The van der Waals surface area contributed by atoms with Gasteiger partial charge in [-0.1, -0.05) is 24.3 Å². The van der Waals surface area contributed by atoms with E-state index >= 15 is 0 Å². The average molecular weight is 351 g/mol. The van der Waals surface area contributed by atoms with Crippen LogP contribution in [0.4, 0.5) is 0 Å². The van der Waals surface area contributed by atoms with Crippen LogP contribution >= 0.6 is 0 Å². The molecule has 136 valence electrons. The van der Waals surface area contributed by atoms with E-state index in [9.17, 15) is 0 Å². The molecule has 4 rings (SSSR count). The van der Waals surface area contributed by atoms with E-state index < -0.39 is 0 Å². The molecule has 4 aromatic rings. The van der Waals surface area contributed by atoms with Crippen molar-refractivity contribution < 1.29 is 8.97 Å². The Morgan fingerprint density at radius 1 is 0.577 bits per heavy atom. The maximum absolute atomic E-state index is 3.54. The zero-order valence-electron chi connectivity index (χ0n) is 16.8. The third-order valence-electron chi connectivity index (χ3n) is 4.96. The zero-order chi connectivity index (χ0) is 18.7. The first-order valence-corrected chi connectivity index (χ1v) is 9.25. The SMILES string of the molecule is C[N+](C)(C)Cc1c[nH]c2c1ccc1c2ccc2c(C[N+](C)(C)C)c[nH]c21. The lowest BCUT2D eigenvalue weighted by Crippen LogP contribution is -2.33. The van der Waals surface area contributed by atoms with Gasteiger partial charge in [0.15, 0.2) is 0 Å². The summed E-state index contributed by atoms with van der Waals surface area (Å²) in [7, 11) is 13.4. The maximum Gasteiger partial charge on any atom is 0.106 e. The van der Waals surface area contributed by atoms with E-state index in [1.165, 1.54) is 43.7 Å². The Kier molecular flexibility index (Phi) is 3.69. The molecule has 0 fully saturated rings. The van der Waals surface area contributed by atoms with Gasteiger partial charge in [0, 0.05) is 45.1 Å². The van der Waals surface area contributed by atoms with Crippen LogP contribution in [0.15, 0.2) is 36.7 Å². The normalized spacial score (nSPS) is 13.3. The average Bonchev–Trinajstić information content (AvgIpc) is 3.09. The topological polar surface area (TPSA) is 31.6 Å². The van der Waals surface area contributed by atoms with Crippen LogP contribution in [0.1, 0.15) is 11.1 Å². The summed E-state index contributed by atoms with van der Waals surface area (Å²) in [6.07, 6.45) is 4.35. The van der Waals surface area contributed by atoms with Gasteiger partial charge in [-0.05, 0) is 0 Å². The summed E-state index contributed by atoms with van der Waals surface area (Å²) >= 11 is 0. The van der Waals surface area contributed by atoms with Crippen molar-refractivity contribution in [2.45, 2.75) is 13.1 Å². The van der Waals surface area contributed by atoms with Crippen molar-refractivity contribution >= 4 is 32.6 Å². The monoisotopic (exact) mass is 350 g/mol. The Balaban J connectivity index is 1.89. The molecule has 0 aliphatic rings. The highest BCUT2D eigenvalue weighted by atomic mass is 15.3. The van der Waals surface area contributed by atoms with E-state index in [4.69, 9.17) is 0 Å². The third kappa shape index (κ3) is 3.00. The molecular formula is C22H30N4+2. The van der Waals surface area contributed by atoms with E-state index in [0.717, 1.165) is 22.1 Å². The first-order chi connectivity index (χ1) is 12.1. The first kappa shape index (κ1) is 17.1. The highest BCUT2D eigenvalue weighted by molar-refractivity contribution is 6.16. The molecule has 0 bridgehead atoms. The predicted molar refractivity (Wildman–Crippen MR) is 111 cm³/mol. The molecule has 0 unspecified atom stereocenters. The summed E-state index contributed by atoms with van der Waals surface area (Å²) in [5, 5.41) is 5.26. The number of nitrogens with one attached hydrogen (secondary N) is 2. The Hall–Kier alpha value is -2.30. The number of aromatic nitrogens is 2. The number of hydrogen-bond acceptors (Lipinski definition) is 0. The molecule has 0 radical (unpaired) electrons. The van der Waals surface area contributed by atoms with Crippen LogP contribution < -0.4 is 0 Å². The third-order valence-corrected chi connectivity index (χ3v) is 4.96. The summed E-state index contributed by atoms with van der Waals surface area (Å²) < 4.78 is 1.85. The van der Waals surface area contributed by atoms with E-state index in [0.29, 0.717) is 0 Å². The van der Waals surface area contributed by atoms with E-state index in [-0.39, 0.29) is 0 Å². The molecule has 0 aliphatic carbocycles. The molecule has 2 N–H and O–H groups in total. The van der Waals surface area contributed by atoms with Crippen molar-refractivity contribution in [1.82, 2.24) is 9.97 Å². The van der Waals surface area contributed by atoms with Gasteiger partial charge in [-0.15, -0.1) is 0 Å². The second kappa shape index (κ2) is 5.60. The zero-order valence-corrected chi connectivity index (χ0v) is 16.8. The predicted octanol–water partition coefficient (Wildman–Crippen LogP) is 4.21. The van der Waals surface area contributed by atoms with Gasteiger partial charge in [-0.25, -0.2) is 0 Å². The summed E-state index contributed by atoms with van der Waals surface area (Å²) in [4.78, 5) is 7.07. The van der Waals surface area contributed by atoms with Gasteiger partial charge >= 0.3 is 0 Å². The Labute approximate surface area is 155 Å². The molecule has 0 spiro atoms. The van der Waals surface area contributed by atoms with Gasteiger partial charge in [0.05, 0.1) is 53.3 Å². The van der Waals surface area contributed by atoms with Crippen LogP contribution in [0.2, 0.25) is 0 Å². The standard InChI is InChI=1S/C22H30N4/c1-25(2,3)13-15-11-23-21-17(15)7-9-20-19(21)10-8-18-16(12-24-22(18)20)14-26(4,5)6/h7-12,23-24H,13-14H2,1-6H3/q+2. The van der Waals surface area contributed by atoms with E-state index in [2.05, 4.69) is 88.9 Å². The number of rotatable bonds is 4. The minimum absolute atomic E-state index is 0.926. The second-order valence-electron chi connectivity index (χ2n) is 9.60. The van der Waals surface area contributed by atoms with E-state index in [1.54, 1.807) is 0 Å². The van der Waals surface area contributed by atoms with Gasteiger partial charge < -0.3 is 18.9 Å². The summed E-state index contributed by atoms with van der Waals surface area (Å²) in [5.74, 6) is 0. The highest BCUT2D eigenvalue weighted by Crippen LogP contribution is 2.33. The van der Waals surface area contributed by atoms with Gasteiger partial charge in [0.25, 0.3) is 0 Å². The van der Waals surface area contributed by atoms with Crippen molar-refractivity contribution in [3.8, 4) is 0 Å².